The lowest BCUT2D eigenvalue weighted by Crippen LogP contribution is -2.32. The Bertz CT molecular complexity index is 516. The van der Waals surface area contributed by atoms with Gasteiger partial charge in [0.2, 0.25) is 5.91 Å². The first-order valence-electron chi connectivity index (χ1n) is 4.58. The lowest BCUT2D eigenvalue weighted by molar-refractivity contribution is -0.118. The van der Waals surface area contributed by atoms with E-state index in [0.29, 0.717) is 5.01 Å². The van der Waals surface area contributed by atoms with Gasteiger partial charge in [-0.15, -0.1) is 11.3 Å². The van der Waals surface area contributed by atoms with Gasteiger partial charge in [0, 0.05) is 0 Å². The number of nitrogens with two attached hydrogens (primary N) is 2. The molecule has 0 aliphatic heterocycles. The fraction of sp³-hybridized carbons (Fsp3) is 0.100. The number of amides is 1. The first-order chi connectivity index (χ1) is 7.59. The molecular weight excluding hydrogens is 224 g/mol. The summed E-state index contributed by atoms with van der Waals surface area (Å²) in [6.07, 6.45) is 0. The normalized spacial score (nSPS) is 12.5. The van der Waals surface area contributed by atoms with Crippen molar-refractivity contribution in [2.45, 2.75) is 5.92 Å². The molecule has 1 unspecified atom stereocenters. The minimum Gasteiger partial charge on any atom is -0.387 e. The molecule has 6 heteroatoms. The summed E-state index contributed by atoms with van der Waals surface area (Å²) in [5.41, 5.74) is 11.3. The average molecular weight is 234 g/mol. The highest BCUT2D eigenvalue weighted by molar-refractivity contribution is 7.18. The van der Waals surface area contributed by atoms with Crippen LogP contribution in [0.5, 0.6) is 0 Å². The minimum atomic E-state index is -0.919. The number of hydrogen-bond acceptors (Lipinski definition) is 4. The van der Waals surface area contributed by atoms with Gasteiger partial charge in [-0.2, -0.15) is 0 Å². The molecule has 0 fully saturated rings. The molecule has 1 aromatic heterocycles. The predicted octanol–water partition coefficient (Wildman–Crippen LogP) is 0.801. The summed E-state index contributed by atoms with van der Waals surface area (Å²) in [5.74, 6) is -1.84. The van der Waals surface area contributed by atoms with E-state index >= 15 is 0 Å². The standard InChI is InChI=1S/C10H10N4OS/c11-8(12)7(9(13)15)10-14-5-3-1-2-4-6(5)16-10/h1-4,7H,(H3,11,12)(H2,13,15). The summed E-state index contributed by atoms with van der Waals surface area (Å²) in [5, 5.41) is 7.81. The molecule has 1 amide bonds. The maximum Gasteiger partial charge on any atom is 0.235 e. The van der Waals surface area contributed by atoms with E-state index < -0.39 is 11.8 Å². The van der Waals surface area contributed by atoms with E-state index in [1.54, 1.807) is 0 Å². The zero-order chi connectivity index (χ0) is 11.7. The second-order valence-electron chi connectivity index (χ2n) is 3.31. The Morgan fingerprint density at radius 1 is 1.38 bits per heavy atom. The van der Waals surface area contributed by atoms with Gasteiger partial charge in [0.25, 0.3) is 0 Å². The molecule has 1 atom stereocenters. The zero-order valence-electron chi connectivity index (χ0n) is 8.31. The molecule has 0 spiro atoms. The number of hydrogen-bond donors (Lipinski definition) is 3. The average Bonchev–Trinajstić information content (AvgIpc) is 2.58. The van der Waals surface area contributed by atoms with Crippen molar-refractivity contribution in [2.24, 2.45) is 11.5 Å². The van der Waals surface area contributed by atoms with Gasteiger partial charge in [-0.3, -0.25) is 10.2 Å². The third kappa shape index (κ3) is 1.74. The van der Waals surface area contributed by atoms with Crippen LogP contribution in [0, 0.1) is 5.41 Å². The van der Waals surface area contributed by atoms with Crippen molar-refractivity contribution in [1.82, 2.24) is 4.98 Å². The Morgan fingerprint density at radius 2 is 2.06 bits per heavy atom. The quantitative estimate of drug-likeness (QED) is 0.540. The molecule has 1 aromatic carbocycles. The fourth-order valence-corrected chi connectivity index (χ4v) is 2.52. The van der Waals surface area contributed by atoms with Gasteiger partial charge in [0.05, 0.1) is 10.2 Å². The molecule has 0 aliphatic rings. The zero-order valence-corrected chi connectivity index (χ0v) is 9.12. The van der Waals surface area contributed by atoms with Crippen molar-refractivity contribution in [3.63, 3.8) is 0 Å². The van der Waals surface area contributed by atoms with Crippen LogP contribution in [0.4, 0.5) is 0 Å². The number of rotatable bonds is 3. The second-order valence-corrected chi connectivity index (χ2v) is 4.37. The number of aromatic nitrogens is 1. The van der Waals surface area contributed by atoms with Crippen LogP contribution in [-0.4, -0.2) is 16.7 Å². The maximum absolute atomic E-state index is 11.2. The number of nitrogens with zero attached hydrogens (tertiary/aromatic N) is 1. The van der Waals surface area contributed by atoms with Crippen LogP contribution in [-0.2, 0) is 4.79 Å². The van der Waals surface area contributed by atoms with Crippen LogP contribution in [0.1, 0.15) is 10.9 Å². The Labute approximate surface area is 95.6 Å². The SMILES string of the molecule is N=C(N)C(C(N)=O)c1nc2ccccc2s1. The maximum atomic E-state index is 11.2. The fourth-order valence-electron chi connectivity index (χ4n) is 1.42. The smallest absolute Gasteiger partial charge is 0.235 e. The van der Waals surface area contributed by atoms with Gasteiger partial charge in [-0.25, -0.2) is 4.98 Å². The van der Waals surface area contributed by atoms with E-state index in [-0.39, 0.29) is 5.84 Å². The first kappa shape index (κ1) is 10.6. The van der Waals surface area contributed by atoms with Crippen LogP contribution in [0.3, 0.4) is 0 Å². The number of amidine groups is 1. The monoisotopic (exact) mass is 234 g/mol. The lowest BCUT2D eigenvalue weighted by Gasteiger charge is -2.06. The minimum absolute atomic E-state index is 0.272. The molecule has 0 aliphatic carbocycles. The van der Waals surface area contributed by atoms with Crippen LogP contribution >= 0.6 is 11.3 Å². The molecule has 5 nitrogen and oxygen atoms in total. The first-order valence-corrected chi connectivity index (χ1v) is 5.40. The number of fused-ring (bicyclic) bond motifs is 1. The predicted molar refractivity (Wildman–Crippen MR) is 63.5 cm³/mol. The molecule has 0 radical (unpaired) electrons. The number of primary amides is 1. The molecular formula is C10H10N4OS. The van der Waals surface area contributed by atoms with Crippen molar-refractivity contribution in [3.8, 4) is 0 Å². The summed E-state index contributed by atoms with van der Waals surface area (Å²) < 4.78 is 0.949. The summed E-state index contributed by atoms with van der Waals surface area (Å²) in [6, 6.07) is 7.48. The van der Waals surface area contributed by atoms with Gasteiger partial charge >= 0.3 is 0 Å². The molecule has 5 N–H and O–H groups in total. The van der Waals surface area contributed by atoms with E-state index in [4.69, 9.17) is 16.9 Å². The van der Waals surface area contributed by atoms with Crippen LogP contribution in [0.25, 0.3) is 10.2 Å². The second kappa shape index (κ2) is 3.90. The third-order valence-corrected chi connectivity index (χ3v) is 3.25. The molecule has 2 aromatic rings. The summed E-state index contributed by atoms with van der Waals surface area (Å²) in [6.45, 7) is 0. The molecule has 82 valence electrons. The van der Waals surface area contributed by atoms with Gasteiger partial charge in [0.15, 0.2) is 0 Å². The van der Waals surface area contributed by atoms with Crippen molar-refractivity contribution < 1.29 is 4.79 Å². The lowest BCUT2D eigenvalue weighted by atomic mass is 10.1. The largest absolute Gasteiger partial charge is 0.387 e. The van der Waals surface area contributed by atoms with E-state index in [1.807, 2.05) is 24.3 Å². The third-order valence-electron chi connectivity index (χ3n) is 2.15. The molecule has 2 rings (SSSR count). The van der Waals surface area contributed by atoms with Gasteiger partial charge in [-0.1, -0.05) is 12.1 Å². The van der Waals surface area contributed by atoms with Crippen LogP contribution < -0.4 is 11.5 Å². The molecule has 0 saturated carbocycles. The molecule has 0 bridgehead atoms. The van der Waals surface area contributed by atoms with Gasteiger partial charge < -0.3 is 11.5 Å². The van der Waals surface area contributed by atoms with E-state index in [2.05, 4.69) is 4.98 Å². The van der Waals surface area contributed by atoms with Crippen molar-refractivity contribution >= 4 is 33.3 Å². The van der Waals surface area contributed by atoms with E-state index in [0.717, 1.165) is 10.2 Å². The molecule has 1 heterocycles. The van der Waals surface area contributed by atoms with Crippen molar-refractivity contribution in [3.05, 3.63) is 29.3 Å². The Balaban J connectivity index is 2.53. The van der Waals surface area contributed by atoms with Crippen LogP contribution in [0.15, 0.2) is 24.3 Å². The summed E-state index contributed by atoms with van der Waals surface area (Å²) >= 11 is 1.33. The highest BCUT2D eigenvalue weighted by atomic mass is 32.1. The Morgan fingerprint density at radius 3 is 2.62 bits per heavy atom. The Hall–Kier alpha value is -1.95. The summed E-state index contributed by atoms with van der Waals surface area (Å²) in [7, 11) is 0. The highest BCUT2D eigenvalue weighted by Gasteiger charge is 2.24. The number of benzene rings is 1. The number of thiazole rings is 1. The number of carbonyl (C=O) groups excluding carboxylic acids is 1. The van der Waals surface area contributed by atoms with Crippen LogP contribution in [0.2, 0.25) is 0 Å². The molecule has 0 saturated heterocycles. The van der Waals surface area contributed by atoms with E-state index in [1.165, 1.54) is 11.3 Å². The van der Waals surface area contributed by atoms with Gasteiger partial charge in [-0.05, 0) is 12.1 Å². The number of nitrogens with one attached hydrogen (secondary N) is 1. The number of carbonyl (C=O) groups is 1. The van der Waals surface area contributed by atoms with Gasteiger partial charge in [0.1, 0.15) is 16.8 Å². The highest BCUT2D eigenvalue weighted by Crippen LogP contribution is 2.27. The van der Waals surface area contributed by atoms with E-state index in [9.17, 15) is 4.79 Å². The summed E-state index contributed by atoms with van der Waals surface area (Å²) in [4.78, 5) is 15.4. The van der Waals surface area contributed by atoms with Crippen molar-refractivity contribution in [1.29, 1.82) is 5.41 Å². The Kier molecular flexibility index (Phi) is 2.57. The van der Waals surface area contributed by atoms with Crippen molar-refractivity contribution in [2.75, 3.05) is 0 Å². The number of para-hydroxylation sites is 1. The molecule has 16 heavy (non-hydrogen) atoms. The topological polar surface area (TPSA) is 106 Å².